The van der Waals surface area contributed by atoms with Gasteiger partial charge in [0.15, 0.2) is 0 Å². The number of anilines is 2. The molecule has 0 radical (unpaired) electrons. The summed E-state index contributed by atoms with van der Waals surface area (Å²) in [5.74, 6) is 4.79. The van der Waals surface area contributed by atoms with Crippen LogP contribution in [0.3, 0.4) is 0 Å². The monoisotopic (exact) mass is 235 g/mol. The first-order valence-electron chi connectivity index (χ1n) is 5.29. The fourth-order valence-electron chi connectivity index (χ4n) is 1.49. The van der Waals surface area contributed by atoms with E-state index in [9.17, 15) is 4.79 Å². The highest BCUT2D eigenvalue weighted by molar-refractivity contribution is 5.87. The second kappa shape index (κ2) is 5.36. The first kappa shape index (κ1) is 13.1. The number of nitrogens with two attached hydrogens (primary N) is 2. The number of nitrogen functional groups attached to an aromatic ring is 1. The van der Waals surface area contributed by atoms with Crippen molar-refractivity contribution in [1.29, 1.82) is 0 Å². The van der Waals surface area contributed by atoms with E-state index in [2.05, 4.69) is 0 Å². The number of hydrogen-bond donors (Lipinski definition) is 3. The molecule has 0 aliphatic heterocycles. The van der Waals surface area contributed by atoms with Gasteiger partial charge in [0.05, 0.1) is 11.4 Å². The van der Waals surface area contributed by atoms with E-state index in [1.54, 1.807) is 17.1 Å². The van der Waals surface area contributed by atoms with E-state index in [-0.39, 0.29) is 0 Å². The average Bonchev–Trinajstić information content (AvgIpc) is 2.30. The van der Waals surface area contributed by atoms with Gasteiger partial charge >= 0.3 is 5.97 Å². The Hall–Kier alpha value is -2.01. The minimum Gasteiger partial charge on any atom is -0.478 e. The molecule has 0 saturated carbocycles. The van der Waals surface area contributed by atoms with Crippen LogP contribution in [0.5, 0.6) is 0 Å². The van der Waals surface area contributed by atoms with Gasteiger partial charge in [-0.3, -0.25) is 0 Å². The number of aliphatic carboxylic acids is 1. The molecule has 0 spiro atoms. The maximum absolute atomic E-state index is 10.4. The van der Waals surface area contributed by atoms with E-state index < -0.39 is 5.97 Å². The van der Waals surface area contributed by atoms with Crippen molar-refractivity contribution in [3.63, 3.8) is 0 Å². The summed E-state index contributed by atoms with van der Waals surface area (Å²) in [6, 6.07) is 3.59. The SMILES string of the molecule is CCN(N)c1ccc(/C=C/C(=O)O)c(C)c1N. The molecule has 17 heavy (non-hydrogen) atoms. The molecule has 0 aliphatic carbocycles. The molecule has 0 unspecified atom stereocenters. The van der Waals surface area contributed by atoms with Crippen molar-refractivity contribution in [2.24, 2.45) is 5.84 Å². The highest BCUT2D eigenvalue weighted by atomic mass is 16.4. The lowest BCUT2D eigenvalue weighted by Crippen LogP contribution is -2.31. The predicted octanol–water partition coefficient (Wildman–Crippen LogP) is 1.38. The van der Waals surface area contributed by atoms with Crippen molar-refractivity contribution < 1.29 is 9.90 Å². The number of carboxylic acids is 1. The fraction of sp³-hybridized carbons (Fsp3) is 0.250. The van der Waals surface area contributed by atoms with Crippen LogP contribution in [0.25, 0.3) is 6.08 Å². The minimum atomic E-state index is -0.985. The lowest BCUT2D eigenvalue weighted by molar-refractivity contribution is -0.131. The van der Waals surface area contributed by atoms with Crippen molar-refractivity contribution in [2.75, 3.05) is 17.3 Å². The molecule has 0 aliphatic rings. The van der Waals surface area contributed by atoms with Crippen LogP contribution in [0.4, 0.5) is 11.4 Å². The summed E-state index contributed by atoms with van der Waals surface area (Å²) < 4.78 is 0. The molecule has 0 bridgehead atoms. The highest BCUT2D eigenvalue weighted by Gasteiger charge is 2.08. The number of carboxylic acid groups (broad SMARTS) is 1. The van der Waals surface area contributed by atoms with Gasteiger partial charge in [-0.15, -0.1) is 0 Å². The molecule has 0 amide bonds. The third-order valence-corrected chi connectivity index (χ3v) is 2.59. The smallest absolute Gasteiger partial charge is 0.328 e. The van der Waals surface area contributed by atoms with Crippen molar-refractivity contribution in [3.8, 4) is 0 Å². The van der Waals surface area contributed by atoms with Crippen LogP contribution in [0, 0.1) is 6.92 Å². The first-order valence-corrected chi connectivity index (χ1v) is 5.29. The lowest BCUT2D eigenvalue weighted by Gasteiger charge is -2.20. The van der Waals surface area contributed by atoms with Gasteiger partial charge in [0.2, 0.25) is 0 Å². The molecule has 0 atom stereocenters. The molecule has 0 fully saturated rings. The van der Waals surface area contributed by atoms with E-state index in [0.717, 1.165) is 22.9 Å². The minimum absolute atomic E-state index is 0.571. The van der Waals surface area contributed by atoms with Crippen LogP contribution in [-0.4, -0.2) is 17.6 Å². The first-order chi connectivity index (χ1) is 7.97. The summed E-state index contributed by atoms with van der Waals surface area (Å²) >= 11 is 0. The highest BCUT2D eigenvalue weighted by Crippen LogP contribution is 2.28. The standard InChI is InChI=1S/C12H17N3O2/c1-3-15(14)10-6-4-9(5-7-11(16)17)8(2)12(10)13/h4-7H,3,13-14H2,1-2H3,(H,16,17)/b7-5+. The van der Waals surface area contributed by atoms with Gasteiger partial charge in [0, 0.05) is 12.6 Å². The molecule has 5 nitrogen and oxygen atoms in total. The van der Waals surface area contributed by atoms with E-state index in [0.29, 0.717) is 12.2 Å². The van der Waals surface area contributed by atoms with Crippen molar-refractivity contribution >= 4 is 23.4 Å². The number of benzene rings is 1. The van der Waals surface area contributed by atoms with E-state index in [4.69, 9.17) is 16.7 Å². The Bertz CT molecular complexity index is 455. The summed E-state index contributed by atoms with van der Waals surface area (Å²) in [4.78, 5) is 10.4. The van der Waals surface area contributed by atoms with Crippen molar-refractivity contribution in [2.45, 2.75) is 13.8 Å². The number of nitrogens with zero attached hydrogens (tertiary/aromatic N) is 1. The number of hydrogen-bond acceptors (Lipinski definition) is 4. The number of carbonyl (C=O) groups is 1. The quantitative estimate of drug-likeness (QED) is 0.317. The Morgan fingerprint density at radius 3 is 2.71 bits per heavy atom. The third kappa shape index (κ3) is 2.98. The van der Waals surface area contributed by atoms with Gasteiger partial charge in [0.25, 0.3) is 0 Å². The third-order valence-electron chi connectivity index (χ3n) is 2.59. The van der Waals surface area contributed by atoms with Crippen molar-refractivity contribution in [1.82, 2.24) is 0 Å². The van der Waals surface area contributed by atoms with Crippen LogP contribution < -0.4 is 16.6 Å². The van der Waals surface area contributed by atoms with Crippen LogP contribution in [0.2, 0.25) is 0 Å². The van der Waals surface area contributed by atoms with E-state index >= 15 is 0 Å². The summed E-state index contributed by atoms with van der Waals surface area (Å²) in [5.41, 5.74) is 8.88. The van der Waals surface area contributed by atoms with E-state index in [1.165, 1.54) is 6.08 Å². The normalized spacial score (nSPS) is 10.8. The molecule has 0 aromatic heterocycles. The zero-order chi connectivity index (χ0) is 13.0. The fourth-order valence-corrected chi connectivity index (χ4v) is 1.49. The largest absolute Gasteiger partial charge is 0.478 e. The van der Waals surface area contributed by atoms with Gasteiger partial charge in [-0.05, 0) is 37.1 Å². The second-order valence-electron chi connectivity index (χ2n) is 3.67. The van der Waals surface area contributed by atoms with Gasteiger partial charge in [0.1, 0.15) is 0 Å². The van der Waals surface area contributed by atoms with Gasteiger partial charge in [-0.2, -0.15) is 0 Å². The predicted molar refractivity (Wildman–Crippen MR) is 69.5 cm³/mol. The Labute approximate surface area is 100 Å². The van der Waals surface area contributed by atoms with Gasteiger partial charge in [-0.1, -0.05) is 6.07 Å². The topological polar surface area (TPSA) is 92.6 Å². The van der Waals surface area contributed by atoms with Crippen LogP contribution in [-0.2, 0) is 4.79 Å². The molecule has 0 heterocycles. The molecule has 1 aromatic carbocycles. The molecule has 0 saturated heterocycles. The Morgan fingerprint density at radius 1 is 1.53 bits per heavy atom. The van der Waals surface area contributed by atoms with Crippen LogP contribution in [0.1, 0.15) is 18.1 Å². The summed E-state index contributed by atoms with van der Waals surface area (Å²) in [5, 5.41) is 10.1. The zero-order valence-corrected chi connectivity index (χ0v) is 9.97. The molecule has 92 valence electrons. The van der Waals surface area contributed by atoms with Crippen molar-refractivity contribution in [3.05, 3.63) is 29.3 Å². The summed E-state index contributed by atoms with van der Waals surface area (Å²) in [6.45, 7) is 4.41. The van der Waals surface area contributed by atoms with Crippen LogP contribution >= 0.6 is 0 Å². The maximum atomic E-state index is 10.4. The number of hydrazine groups is 1. The Kier molecular flexibility index (Phi) is 4.12. The molecular weight excluding hydrogens is 218 g/mol. The molecule has 5 heteroatoms. The Balaban J connectivity index is 3.15. The van der Waals surface area contributed by atoms with E-state index in [1.807, 2.05) is 13.8 Å². The molecular formula is C12H17N3O2. The summed E-state index contributed by atoms with van der Waals surface area (Å²) in [7, 11) is 0. The number of rotatable bonds is 4. The van der Waals surface area contributed by atoms with Gasteiger partial charge in [-0.25, -0.2) is 10.6 Å². The molecule has 5 N–H and O–H groups in total. The second-order valence-corrected chi connectivity index (χ2v) is 3.67. The molecule has 1 rings (SSSR count). The van der Waals surface area contributed by atoms with Crippen LogP contribution in [0.15, 0.2) is 18.2 Å². The summed E-state index contributed by atoms with van der Waals surface area (Å²) in [6.07, 6.45) is 2.60. The maximum Gasteiger partial charge on any atom is 0.328 e. The zero-order valence-electron chi connectivity index (χ0n) is 9.97. The van der Waals surface area contributed by atoms with Gasteiger partial charge < -0.3 is 15.8 Å². The Morgan fingerprint density at radius 2 is 2.18 bits per heavy atom. The average molecular weight is 235 g/mol. The molecule has 1 aromatic rings. The lowest BCUT2D eigenvalue weighted by atomic mass is 10.0.